The summed E-state index contributed by atoms with van der Waals surface area (Å²) in [6, 6.07) is 7.57. The van der Waals surface area contributed by atoms with Gasteiger partial charge in [0.2, 0.25) is 0 Å². The molecule has 104 valence electrons. The highest BCUT2D eigenvalue weighted by Crippen LogP contribution is 2.29. The Labute approximate surface area is 115 Å². The molecule has 0 aliphatic heterocycles. The fraction of sp³-hybridized carbons (Fsp3) is 0.562. The second kappa shape index (κ2) is 5.33. The molecule has 3 heteroatoms. The molecular formula is C16H23NO2. The molecule has 1 aliphatic rings. The summed E-state index contributed by atoms with van der Waals surface area (Å²) in [7, 11) is 3.90. The van der Waals surface area contributed by atoms with Crippen molar-refractivity contribution < 1.29 is 9.53 Å². The van der Waals surface area contributed by atoms with Gasteiger partial charge in [-0.15, -0.1) is 0 Å². The number of benzene rings is 1. The quantitative estimate of drug-likeness (QED) is 0.737. The zero-order valence-corrected chi connectivity index (χ0v) is 12.3. The third kappa shape index (κ3) is 2.98. The molecule has 0 bridgehead atoms. The summed E-state index contributed by atoms with van der Waals surface area (Å²) in [4.78, 5) is 14.7. The normalized spacial score (nSPS) is 18.2. The molecule has 0 heterocycles. The van der Waals surface area contributed by atoms with Gasteiger partial charge in [-0.3, -0.25) is 9.69 Å². The van der Waals surface area contributed by atoms with Crippen LogP contribution in [0.1, 0.15) is 43.5 Å². The fourth-order valence-corrected chi connectivity index (χ4v) is 2.08. The first-order valence-corrected chi connectivity index (χ1v) is 6.96. The van der Waals surface area contributed by atoms with Gasteiger partial charge in [0.15, 0.2) is 5.78 Å². The summed E-state index contributed by atoms with van der Waals surface area (Å²) >= 11 is 0. The van der Waals surface area contributed by atoms with E-state index in [-0.39, 0.29) is 5.78 Å². The minimum atomic E-state index is -0.460. The summed E-state index contributed by atoms with van der Waals surface area (Å²) in [5.74, 6) is 0.965. The van der Waals surface area contributed by atoms with Crippen molar-refractivity contribution in [1.29, 1.82) is 0 Å². The Bertz CT molecular complexity index is 466. The lowest BCUT2D eigenvalue weighted by molar-refractivity contribution is 0.0710. The van der Waals surface area contributed by atoms with Gasteiger partial charge in [0, 0.05) is 5.56 Å². The maximum Gasteiger partial charge on any atom is 0.182 e. The minimum absolute atomic E-state index is 0.154. The first-order chi connectivity index (χ1) is 8.97. The Balaban J connectivity index is 2.22. The number of hydrogen-bond acceptors (Lipinski definition) is 3. The van der Waals surface area contributed by atoms with E-state index in [9.17, 15) is 4.79 Å². The van der Waals surface area contributed by atoms with Crippen LogP contribution in [-0.4, -0.2) is 36.4 Å². The van der Waals surface area contributed by atoms with Crippen LogP contribution in [0.15, 0.2) is 24.3 Å². The number of hydrogen-bond donors (Lipinski definition) is 0. The Morgan fingerprint density at radius 2 is 2.11 bits per heavy atom. The van der Waals surface area contributed by atoms with Crippen molar-refractivity contribution in [3.63, 3.8) is 0 Å². The van der Waals surface area contributed by atoms with Gasteiger partial charge in [-0.1, -0.05) is 19.1 Å². The minimum Gasteiger partial charge on any atom is -0.490 e. The van der Waals surface area contributed by atoms with Crippen LogP contribution in [0.4, 0.5) is 0 Å². The second-order valence-electron chi connectivity index (χ2n) is 5.70. The van der Waals surface area contributed by atoms with E-state index in [1.54, 1.807) is 0 Å². The summed E-state index contributed by atoms with van der Waals surface area (Å²) in [5, 5.41) is 0. The average molecular weight is 261 g/mol. The molecule has 0 saturated heterocycles. The van der Waals surface area contributed by atoms with Crippen molar-refractivity contribution in [1.82, 2.24) is 4.90 Å². The van der Waals surface area contributed by atoms with E-state index in [2.05, 4.69) is 0 Å². The van der Waals surface area contributed by atoms with E-state index in [0.29, 0.717) is 6.10 Å². The van der Waals surface area contributed by atoms with Crippen LogP contribution in [0.2, 0.25) is 0 Å². The lowest BCUT2D eigenvalue weighted by Crippen LogP contribution is -2.48. The van der Waals surface area contributed by atoms with Crippen molar-refractivity contribution in [2.45, 2.75) is 44.8 Å². The van der Waals surface area contributed by atoms with Crippen molar-refractivity contribution in [3.05, 3.63) is 29.8 Å². The highest BCUT2D eigenvalue weighted by atomic mass is 16.5. The van der Waals surface area contributed by atoms with Gasteiger partial charge in [0.05, 0.1) is 11.6 Å². The van der Waals surface area contributed by atoms with Gasteiger partial charge in [0.1, 0.15) is 5.75 Å². The molecule has 0 aromatic heterocycles. The van der Waals surface area contributed by atoms with E-state index >= 15 is 0 Å². The van der Waals surface area contributed by atoms with E-state index in [4.69, 9.17) is 4.74 Å². The molecule has 1 unspecified atom stereocenters. The molecule has 3 nitrogen and oxygen atoms in total. The molecule has 1 aromatic rings. The van der Waals surface area contributed by atoms with Crippen LogP contribution in [0, 0.1) is 0 Å². The average Bonchev–Trinajstić information content (AvgIpc) is 3.21. The molecule has 0 radical (unpaired) electrons. The second-order valence-corrected chi connectivity index (χ2v) is 5.70. The molecule has 0 amide bonds. The number of rotatable bonds is 6. The van der Waals surface area contributed by atoms with Crippen molar-refractivity contribution in [3.8, 4) is 5.75 Å². The van der Waals surface area contributed by atoms with Crippen LogP contribution < -0.4 is 4.74 Å². The molecule has 1 atom stereocenters. The van der Waals surface area contributed by atoms with E-state index < -0.39 is 5.54 Å². The molecule has 1 fully saturated rings. The molecule has 19 heavy (non-hydrogen) atoms. The Morgan fingerprint density at radius 1 is 1.42 bits per heavy atom. The number of Topliss-reactive ketones (excluding diaryl/α,β-unsaturated/α-hetero) is 1. The number of carbonyl (C=O) groups excluding carboxylic acids is 1. The number of likely N-dealkylation sites (N-methyl/N-ethyl adjacent to an activating group) is 1. The molecule has 0 N–H and O–H groups in total. The van der Waals surface area contributed by atoms with Crippen LogP contribution in [0.25, 0.3) is 0 Å². The SMILES string of the molecule is CCC(C)(C(=O)c1cccc(OC2CC2)c1)N(C)C. The topological polar surface area (TPSA) is 29.5 Å². The molecule has 1 aliphatic carbocycles. The van der Waals surface area contributed by atoms with Crippen LogP contribution in [0.5, 0.6) is 5.75 Å². The van der Waals surface area contributed by atoms with Gasteiger partial charge in [-0.05, 0) is 52.4 Å². The lowest BCUT2D eigenvalue weighted by atomic mass is 9.87. The van der Waals surface area contributed by atoms with Crippen molar-refractivity contribution in [2.75, 3.05) is 14.1 Å². The number of carbonyl (C=O) groups is 1. The Morgan fingerprint density at radius 3 is 2.63 bits per heavy atom. The zero-order valence-electron chi connectivity index (χ0n) is 12.3. The van der Waals surface area contributed by atoms with Crippen molar-refractivity contribution in [2.24, 2.45) is 0 Å². The molecular weight excluding hydrogens is 238 g/mol. The van der Waals surface area contributed by atoms with Gasteiger partial charge >= 0.3 is 0 Å². The fourth-order valence-electron chi connectivity index (χ4n) is 2.08. The van der Waals surface area contributed by atoms with E-state index in [0.717, 1.165) is 30.6 Å². The first-order valence-electron chi connectivity index (χ1n) is 6.96. The third-order valence-corrected chi connectivity index (χ3v) is 4.09. The predicted molar refractivity (Wildman–Crippen MR) is 76.8 cm³/mol. The monoisotopic (exact) mass is 261 g/mol. The van der Waals surface area contributed by atoms with Gasteiger partial charge in [0.25, 0.3) is 0 Å². The van der Waals surface area contributed by atoms with E-state index in [1.165, 1.54) is 0 Å². The Hall–Kier alpha value is -1.35. The zero-order chi connectivity index (χ0) is 14.0. The predicted octanol–water partition coefficient (Wildman–Crippen LogP) is 3.14. The largest absolute Gasteiger partial charge is 0.490 e. The van der Waals surface area contributed by atoms with Crippen molar-refractivity contribution >= 4 is 5.78 Å². The van der Waals surface area contributed by atoms with Gasteiger partial charge in [-0.25, -0.2) is 0 Å². The maximum absolute atomic E-state index is 12.7. The summed E-state index contributed by atoms with van der Waals surface area (Å²) in [5.41, 5.74) is 0.272. The summed E-state index contributed by atoms with van der Waals surface area (Å²) in [6.07, 6.45) is 3.40. The summed E-state index contributed by atoms with van der Waals surface area (Å²) in [6.45, 7) is 4.03. The lowest BCUT2D eigenvalue weighted by Gasteiger charge is -2.34. The first kappa shape index (κ1) is 14.1. The smallest absolute Gasteiger partial charge is 0.182 e. The molecule has 2 rings (SSSR count). The summed E-state index contributed by atoms with van der Waals surface area (Å²) < 4.78 is 5.76. The van der Waals surface area contributed by atoms with Crippen LogP contribution in [-0.2, 0) is 0 Å². The van der Waals surface area contributed by atoms with Crippen LogP contribution in [0.3, 0.4) is 0 Å². The van der Waals surface area contributed by atoms with Crippen LogP contribution >= 0.6 is 0 Å². The van der Waals surface area contributed by atoms with E-state index in [1.807, 2.05) is 57.1 Å². The molecule has 1 aromatic carbocycles. The molecule has 1 saturated carbocycles. The number of ether oxygens (including phenoxy) is 1. The standard InChI is InChI=1S/C16H23NO2/c1-5-16(2,17(3)4)15(18)12-7-6-8-14(11-12)19-13-9-10-13/h6-8,11,13H,5,9-10H2,1-4H3. The number of nitrogens with zero attached hydrogens (tertiary/aromatic N) is 1. The Kier molecular flexibility index (Phi) is 3.95. The van der Waals surface area contributed by atoms with Gasteiger partial charge in [-0.2, -0.15) is 0 Å². The molecule has 0 spiro atoms. The highest BCUT2D eigenvalue weighted by Gasteiger charge is 2.34. The maximum atomic E-state index is 12.7. The van der Waals surface area contributed by atoms with Gasteiger partial charge < -0.3 is 4.74 Å². The highest BCUT2D eigenvalue weighted by molar-refractivity contribution is 6.03. The number of ketones is 1. The third-order valence-electron chi connectivity index (χ3n) is 4.09.